The van der Waals surface area contributed by atoms with Crippen LogP contribution in [0, 0.1) is 0 Å². The van der Waals surface area contributed by atoms with Gasteiger partial charge in [0.25, 0.3) is 5.91 Å². The van der Waals surface area contributed by atoms with Crippen molar-refractivity contribution in [3.8, 4) is 0 Å². The molecule has 6 nitrogen and oxygen atoms in total. The van der Waals surface area contributed by atoms with Gasteiger partial charge in [-0.2, -0.15) is 0 Å². The van der Waals surface area contributed by atoms with Crippen LogP contribution in [0.25, 0.3) is 0 Å². The van der Waals surface area contributed by atoms with Crippen LogP contribution in [-0.4, -0.2) is 34.9 Å². The van der Waals surface area contributed by atoms with Crippen LogP contribution in [-0.2, 0) is 6.54 Å². The van der Waals surface area contributed by atoms with Gasteiger partial charge in [0, 0.05) is 6.20 Å². The van der Waals surface area contributed by atoms with E-state index < -0.39 is 5.91 Å². The van der Waals surface area contributed by atoms with Crippen molar-refractivity contribution in [1.82, 2.24) is 14.9 Å². The molecule has 6 heteroatoms. The molecule has 1 heterocycles. The highest BCUT2D eigenvalue weighted by Crippen LogP contribution is 2.06. The highest BCUT2D eigenvalue weighted by Gasteiger charge is 2.08. The van der Waals surface area contributed by atoms with E-state index in [1.54, 1.807) is 0 Å². The second kappa shape index (κ2) is 4.01. The van der Waals surface area contributed by atoms with Crippen molar-refractivity contribution in [2.24, 2.45) is 5.73 Å². The molecule has 76 valence electrons. The number of carbonyl (C=O) groups excluding carboxylic acids is 1. The Labute approximate surface area is 81.9 Å². The molecule has 0 saturated heterocycles. The van der Waals surface area contributed by atoms with E-state index in [0.29, 0.717) is 12.4 Å². The van der Waals surface area contributed by atoms with Crippen molar-refractivity contribution < 1.29 is 4.79 Å². The normalized spacial score (nSPS) is 10.5. The summed E-state index contributed by atoms with van der Waals surface area (Å²) in [5, 5.41) is 0. The van der Waals surface area contributed by atoms with Crippen LogP contribution < -0.4 is 11.5 Å². The quantitative estimate of drug-likeness (QED) is 0.659. The number of nitrogen functional groups attached to an aromatic ring is 1. The molecule has 0 spiro atoms. The highest BCUT2D eigenvalue weighted by molar-refractivity contribution is 5.96. The predicted molar refractivity (Wildman–Crippen MR) is 52.4 cm³/mol. The lowest BCUT2D eigenvalue weighted by atomic mass is 10.3. The van der Waals surface area contributed by atoms with Crippen molar-refractivity contribution in [2.45, 2.75) is 6.54 Å². The molecule has 0 atom stereocenters. The average molecular weight is 195 g/mol. The lowest BCUT2D eigenvalue weighted by molar-refractivity contribution is 0.100. The van der Waals surface area contributed by atoms with Gasteiger partial charge < -0.3 is 16.4 Å². The van der Waals surface area contributed by atoms with Crippen molar-refractivity contribution in [3.05, 3.63) is 17.6 Å². The number of nitrogens with two attached hydrogens (primary N) is 2. The standard InChI is InChI=1S/C8H13N5O/c1-13(2)4-6-11-3-5(8(10)14)7(9)12-6/h3H,4H2,1-2H3,(H2,10,14)(H2,9,11,12). The van der Waals surface area contributed by atoms with Crippen LogP contribution in [0.5, 0.6) is 0 Å². The molecule has 0 aromatic carbocycles. The molecule has 0 bridgehead atoms. The van der Waals surface area contributed by atoms with E-state index in [-0.39, 0.29) is 11.4 Å². The molecule has 0 saturated carbocycles. The van der Waals surface area contributed by atoms with E-state index >= 15 is 0 Å². The largest absolute Gasteiger partial charge is 0.383 e. The fraction of sp³-hybridized carbons (Fsp3) is 0.375. The van der Waals surface area contributed by atoms with Gasteiger partial charge in [0.1, 0.15) is 11.6 Å². The summed E-state index contributed by atoms with van der Waals surface area (Å²) in [7, 11) is 3.78. The van der Waals surface area contributed by atoms with Crippen molar-refractivity contribution in [1.29, 1.82) is 0 Å². The van der Waals surface area contributed by atoms with E-state index in [2.05, 4.69) is 9.97 Å². The average Bonchev–Trinajstić information content (AvgIpc) is 2.01. The van der Waals surface area contributed by atoms with Gasteiger partial charge >= 0.3 is 0 Å². The van der Waals surface area contributed by atoms with E-state index in [9.17, 15) is 4.79 Å². The van der Waals surface area contributed by atoms with Crippen LogP contribution in [0.1, 0.15) is 16.2 Å². The summed E-state index contributed by atoms with van der Waals surface area (Å²) in [5.74, 6) is 0.0840. The van der Waals surface area contributed by atoms with Crippen molar-refractivity contribution >= 4 is 11.7 Å². The van der Waals surface area contributed by atoms with E-state index in [4.69, 9.17) is 11.5 Å². The van der Waals surface area contributed by atoms with E-state index in [1.807, 2.05) is 19.0 Å². The van der Waals surface area contributed by atoms with Gasteiger partial charge in [-0.05, 0) is 14.1 Å². The van der Waals surface area contributed by atoms with Crippen LogP contribution in [0.15, 0.2) is 6.20 Å². The molecular weight excluding hydrogens is 182 g/mol. The molecule has 0 aliphatic heterocycles. The Bertz CT molecular complexity index is 350. The van der Waals surface area contributed by atoms with E-state index in [1.165, 1.54) is 6.20 Å². The van der Waals surface area contributed by atoms with Crippen molar-refractivity contribution in [3.63, 3.8) is 0 Å². The SMILES string of the molecule is CN(C)Cc1ncc(C(N)=O)c(N)n1. The third kappa shape index (κ3) is 2.40. The molecule has 1 aromatic heterocycles. The molecule has 0 radical (unpaired) electrons. The Balaban J connectivity index is 2.94. The van der Waals surface area contributed by atoms with Crippen molar-refractivity contribution in [2.75, 3.05) is 19.8 Å². The number of hydrogen-bond acceptors (Lipinski definition) is 5. The number of nitrogens with zero attached hydrogens (tertiary/aromatic N) is 3. The second-order valence-corrected chi connectivity index (χ2v) is 3.19. The zero-order valence-electron chi connectivity index (χ0n) is 8.19. The number of anilines is 1. The monoisotopic (exact) mass is 195 g/mol. The zero-order valence-corrected chi connectivity index (χ0v) is 8.19. The minimum atomic E-state index is -0.612. The van der Waals surface area contributed by atoms with Crippen LogP contribution in [0.3, 0.4) is 0 Å². The molecule has 1 rings (SSSR count). The summed E-state index contributed by atoms with van der Waals surface area (Å²) in [5.41, 5.74) is 10.7. The number of carbonyl (C=O) groups is 1. The van der Waals surface area contributed by atoms with Gasteiger partial charge in [0.2, 0.25) is 0 Å². The number of hydrogen-bond donors (Lipinski definition) is 2. The summed E-state index contributed by atoms with van der Waals surface area (Å²) < 4.78 is 0. The lowest BCUT2D eigenvalue weighted by Gasteiger charge is -2.08. The molecule has 0 aliphatic carbocycles. The van der Waals surface area contributed by atoms with E-state index in [0.717, 1.165) is 0 Å². The Hall–Kier alpha value is -1.69. The molecule has 4 N–H and O–H groups in total. The van der Waals surface area contributed by atoms with Gasteiger partial charge in [-0.15, -0.1) is 0 Å². The van der Waals surface area contributed by atoms with Gasteiger partial charge in [-0.3, -0.25) is 4.79 Å². The Morgan fingerprint density at radius 2 is 2.21 bits per heavy atom. The fourth-order valence-corrected chi connectivity index (χ4v) is 0.982. The molecule has 0 fully saturated rings. The smallest absolute Gasteiger partial charge is 0.254 e. The first-order valence-corrected chi connectivity index (χ1v) is 4.06. The van der Waals surface area contributed by atoms with Crippen LogP contribution in [0.2, 0.25) is 0 Å². The number of amides is 1. The maximum Gasteiger partial charge on any atom is 0.254 e. The van der Waals surface area contributed by atoms with Gasteiger partial charge in [-0.25, -0.2) is 9.97 Å². The maximum absolute atomic E-state index is 10.8. The Morgan fingerprint density at radius 3 is 2.64 bits per heavy atom. The Kier molecular flexibility index (Phi) is 2.98. The summed E-state index contributed by atoms with van der Waals surface area (Å²) in [6.45, 7) is 0.573. The third-order valence-electron chi connectivity index (χ3n) is 1.59. The van der Waals surface area contributed by atoms with Gasteiger partial charge in [0.15, 0.2) is 0 Å². The zero-order chi connectivity index (χ0) is 10.7. The second-order valence-electron chi connectivity index (χ2n) is 3.19. The molecule has 1 aromatic rings. The van der Waals surface area contributed by atoms with Gasteiger partial charge in [-0.1, -0.05) is 0 Å². The number of primary amides is 1. The van der Waals surface area contributed by atoms with Crippen LogP contribution >= 0.6 is 0 Å². The van der Waals surface area contributed by atoms with Crippen LogP contribution in [0.4, 0.5) is 5.82 Å². The molecule has 0 aliphatic rings. The molecule has 0 unspecified atom stereocenters. The summed E-state index contributed by atoms with van der Waals surface area (Å²) >= 11 is 0. The number of aromatic nitrogens is 2. The maximum atomic E-state index is 10.8. The predicted octanol–water partition coefficient (Wildman–Crippen LogP) is -0.781. The molecule has 1 amide bonds. The third-order valence-corrected chi connectivity index (χ3v) is 1.59. The number of rotatable bonds is 3. The highest BCUT2D eigenvalue weighted by atomic mass is 16.1. The first-order valence-electron chi connectivity index (χ1n) is 4.06. The molecule has 14 heavy (non-hydrogen) atoms. The topological polar surface area (TPSA) is 98.1 Å². The Morgan fingerprint density at radius 1 is 1.57 bits per heavy atom. The lowest BCUT2D eigenvalue weighted by Crippen LogP contribution is -2.18. The first-order chi connectivity index (χ1) is 6.50. The summed E-state index contributed by atoms with van der Waals surface area (Å²) in [6.07, 6.45) is 1.35. The summed E-state index contributed by atoms with van der Waals surface area (Å²) in [4.78, 5) is 20.6. The minimum absolute atomic E-state index is 0.129. The summed E-state index contributed by atoms with van der Waals surface area (Å²) in [6, 6.07) is 0. The minimum Gasteiger partial charge on any atom is -0.383 e. The fourth-order valence-electron chi connectivity index (χ4n) is 0.982. The molecular formula is C8H13N5O. The van der Waals surface area contributed by atoms with Gasteiger partial charge in [0.05, 0.1) is 12.1 Å². The first kappa shape index (κ1) is 10.4.